The van der Waals surface area contributed by atoms with Crippen molar-refractivity contribution in [3.05, 3.63) is 58.6 Å². The van der Waals surface area contributed by atoms with E-state index in [1.54, 1.807) is 0 Å². The Hall–Kier alpha value is -1.48. The Balaban J connectivity index is 1.58. The molecule has 1 unspecified atom stereocenters. The molecule has 18 heavy (non-hydrogen) atoms. The van der Waals surface area contributed by atoms with Crippen LogP contribution in [0.25, 0.3) is 0 Å². The number of para-hydroxylation sites is 1. The molecule has 0 amide bonds. The number of hydrogen-bond donors (Lipinski definition) is 0. The van der Waals surface area contributed by atoms with Crippen molar-refractivity contribution >= 4 is 15.9 Å². The summed E-state index contributed by atoms with van der Waals surface area (Å²) in [4.78, 5) is 0. The maximum atomic E-state index is 5.69. The van der Waals surface area contributed by atoms with Crippen molar-refractivity contribution in [1.82, 2.24) is 0 Å². The molecule has 0 spiro atoms. The molecular weight excluding hydrogens is 292 g/mol. The van der Waals surface area contributed by atoms with Gasteiger partial charge in [-0.05, 0) is 30.2 Å². The maximum Gasteiger partial charge on any atom is 0.241 e. The number of halogens is 1. The molecule has 0 N–H and O–H groups in total. The summed E-state index contributed by atoms with van der Waals surface area (Å²) in [5.41, 5.74) is 1.28. The molecule has 1 atom stereocenters. The fraction of sp³-hybridized carbons (Fsp3) is 0.200. The molecule has 1 aliphatic rings. The first-order chi connectivity index (χ1) is 8.81. The fourth-order valence-corrected chi connectivity index (χ4v) is 2.21. The van der Waals surface area contributed by atoms with Crippen LogP contribution in [0.1, 0.15) is 12.0 Å². The second-order valence-electron chi connectivity index (χ2n) is 4.19. The number of ether oxygens (including phenoxy) is 2. The Morgan fingerprint density at radius 2 is 1.94 bits per heavy atom. The van der Waals surface area contributed by atoms with Crippen LogP contribution in [-0.4, -0.2) is 6.29 Å². The minimum Gasteiger partial charge on any atom is -0.451 e. The average molecular weight is 304 g/mol. The Labute approximate surface area is 115 Å². The second-order valence-corrected chi connectivity index (χ2v) is 5.11. The van der Waals surface area contributed by atoms with Crippen molar-refractivity contribution < 1.29 is 9.47 Å². The van der Waals surface area contributed by atoms with E-state index in [0.29, 0.717) is 0 Å². The quantitative estimate of drug-likeness (QED) is 0.854. The fourth-order valence-electron chi connectivity index (χ4n) is 1.94. The monoisotopic (exact) mass is 303 g/mol. The van der Waals surface area contributed by atoms with Crippen molar-refractivity contribution in [1.29, 1.82) is 0 Å². The molecule has 3 heteroatoms. The van der Waals surface area contributed by atoms with Gasteiger partial charge in [-0.1, -0.05) is 40.2 Å². The lowest BCUT2D eigenvalue weighted by Crippen LogP contribution is -2.18. The first-order valence-electron chi connectivity index (χ1n) is 5.90. The molecule has 2 aromatic carbocycles. The van der Waals surface area contributed by atoms with Crippen LogP contribution in [0.3, 0.4) is 0 Å². The molecule has 0 saturated carbocycles. The minimum atomic E-state index is -0.192. The van der Waals surface area contributed by atoms with Gasteiger partial charge in [-0.3, -0.25) is 0 Å². The van der Waals surface area contributed by atoms with E-state index < -0.39 is 0 Å². The summed E-state index contributed by atoms with van der Waals surface area (Å²) in [6.45, 7) is 0. The molecule has 0 saturated heterocycles. The van der Waals surface area contributed by atoms with E-state index >= 15 is 0 Å². The van der Waals surface area contributed by atoms with Gasteiger partial charge in [-0.2, -0.15) is 0 Å². The average Bonchev–Trinajstić information content (AvgIpc) is 2.81. The van der Waals surface area contributed by atoms with Crippen LogP contribution in [0.15, 0.2) is 46.9 Å². The Morgan fingerprint density at radius 1 is 1.11 bits per heavy atom. The van der Waals surface area contributed by atoms with Gasteiger partial charge in [0.15, 0.2) is 11.5 Å². The van der Waals surface area contributed by atoms with Gasteiger partial charge in [-0.25, -0.2) is 0 Å². The van der Waals surface area contributed by atoms with E-state index in [0.717, 1.165) is 28.8 Å². The van der Waals surface area contributed by atoms with Gasteiger partial charge >= 0.3 is 0 Å². The topological polar surface area (TPSA) is 18.5 Å². The zero-order valence-corrected chi connectivity index (χ0v) is 11.3. The van der Waals surface area contributed by atoms with Crippen LogP contribution in [-0.2, 0) is 6.42 Å². The van der Waals surface area contributed by atoms with E-state index in [1.165, 1.54) is 5.56 Å². The first kappa shape index (κ1) is 11.6. The molecule has 1 heterocycles. The summed E-state index contributed by atoms with van der Waals surface area (Å²) in [5, 5.41) is 0. The molecule has 0 fully saturated rings. The molecule has 2 aromatic rings. The Morgan fingerprint density at radius 3 is 2.72 bits per heavy atom. The highest BCUT2D eigenvalue weighted by Gasteiger charge is 2.23. The summed E-state index contributed by atoms with van der Waals surface area (Å²) >= 11 is 3.43. The second kappa shape index (κ2) is 5.02. The zero-order valence-electron chi connectivity index (χ0n) is 9.73. The normalized spacial score (nSPS) is 13.8. The van der Waals surface area contributed by atoms with Gasteiger partial charge in [-0.15, -0.1) is 0 Å². The van der Waals surface area contributed by atoms with Crippen molar-refractivity contribution in [2.75, 3.05) is 0 Å². The number of fused-ring (bicyclic) bond motifs is 1. The van der Waals surface area contributed by atoms with Crippen LogP contribution < -0.4 is 9.47 Å². The lowest BCUT2D eigenvalue weighted by molar-refractivity contribution is 0.0421. The van der Waals surface area contributed by atoms with Crippen molar-refractivity contribution in [2.24, 2.45) is 0 Å². The molecule has 0 aromatic heterocycles. The van der Waals surface area contributed by atoms with Crippen molar-refractivity contribution in [2.45, 2.75) is 19.1 Å². The minimum absolute atomic E-state index is 0.192. The summed E-state index contributed by atoms with van der Waals surface area (Å²) in [5.74, 6) is 1.51. The Bertz CT molecular complexity index is 511. The standard InChI is InChI=1S/C15H12BrO2/c16-12-8-5-11(6-9-12)7-10-15-17-13-3-1-2-4-14(13)18-15/h1-3,5-6,8-9,15H,7,10H2. The summed E-state index contributed by atoms with van der Waals surface area (Å²) < 4.78 is 12.5. The van der Waals surface area contributed by atoms with Crippen LogP contribution in [0, 0.1) is 6.07 Å². The lowest BCUT2D eigenvalue weighted by Gasteiger charge is -2.09. The predicted octanol–water partition coefficient (Wildman–Crippen LogP) is 3.98. The molecular formula is C15H12BrO2. The highest BCUT2D eigenvalue weighted by molar-refractivity contribution is 9.10. The molecule has 0 aliphatic carbocycles. The van der Waals surface area contributed by atoms with Crippen molar-refractivity contribution in [3.8, 4) is 11.5 Å². The number of hydrogen-bond acceptors (Lipinski definition) is 2. The summed E-state index contributed by atoms with van der Waals surface area (Å²) in [6.07, 6.45) is 1.58. The third-order valence-electron chi connectivity index (χ3n) is 2.87. The van der Waals surface area contributed by atoms with Crippen LogP contribution in [0.5, 0.6) is 11.5 Å². The zero-order chi connectivity index (χ0) is 12.4. The first-order valence-corrected chi connectivity index (χ1v) is 6.69. The van der Waals surface area contributed by atoms with Crippen molar-refractivity contribution in [3.63, 3.8) is 0 Å². The molecule has 91 valence electrons. The van der Waals surface area contributed by atoms with Crippen LogP contribution >= 0.6 is 15.9 Å². The summed E-state index contributed by atoms with van der Waals surface area (Å²) in [7, 11) is 0. The SMILES string of the molecule is Brc1ccc(CCC2Oc3[c]cccc3O2)cc1. The van der Waals surface area contributed by atoms with Gasteiger partial charge in [0.1, 0.15) is 0 Å². The van der Waals surface area contributed by atoms with Gasteiger partial charge in [0.2, 0.25) is 6.29 Å². The van der Waals surface area contributed by atoms with E-state index in [4.69, 9.17) is 9.47 Å². The molecule has 0 bridgehead atoms. The number of benzene rings is 2. The van der Waals surface area contributed by atoms with E-state index in [2.05, 4.69) is 34.1 Å². The van der Waals surface area contributed by atoms with Gasteiger partial charge in [0, 0.05) is 17.0 Å². The largest absolute Gasteiger partial charge is 0.451 e. The molecule has 3 rings (SSSR count). The highest BCUT2D eigenvalue weighted by atomic mass is 79.9. The third-order valence-corrected chi connectivity index (χ3v) is 3.40. The van der Waals surface area contributed by atoms with E-state index in [-0.39, 0.29) is 6.29 Å². The predicted molar refractivity (Wildman–Crippen MR) is 72.8 cm³/mol. The third kappa shape index (κ3) is 2.51. The van der Waals surface area contributed by atoms with E-state index in [1.807, 2.05) is 30.3 Å². The smallest absolute Gasteiger partial charge is 0.241 e. The van der Waals surface area contributed by atoms with Gasteiger partial charge in [0.05, 0.1) is 0 Å². The highest BCUT2D eigenvalue weighted by Crippen LogP contribution is 2.34. The van der Waals surface area contributed by atoms with Gasteiger partial charge in [0.25, 0.3) is 0 Å². The van der Waals surface area contributed by atoms with Crippen LogP contribution in [0.2, 0.25) is 0 Å². The summed E-state index contributed by atoms with van der Waals surface area (Å²) in [6, 6.07) is 17.0. The number of rotatable bonds is 3. The Kier molecular flexibility index (Phi) is 3.24. The molecule has 1 aliphatic heterocycles. The van der Waals surface area contributed by atoms with Gasteiger partial charge < -0.3 is 9.47 Å². The van der Waals surface area contributed by atoms with E-state index in [9.17, 15) is 0 Å². The maximum absolute atomic E-state index is 5.69. The van der Waals surface area contributed by atoms with Crippen LogP contribution in [0.4, 0.5) is 0 Å². The molecule has 1 radical (unpaired) electrons. The number of aryl methyl sites for hydroxylation is 1. The molecule has 2 nitrogen and oxygen atoms in total. The lowest BCUT2D eigenvalue weighted by atomic mass is 10.1.